The van der Waals surface area contributed by atoms with Gasteiger partial charge in [-0.3, -0.25) is 5.01 Å². The SMILES string of the molecule is Cc1ccc(N2NC(C(F)F)C=C2c2cc(F)c(S(C)(=O)=O)cc2F)cc1. The Bertz CT molecular complexity index is 1000. The van der Waals surface area contributed by atoms with Gasteiger partial charge < -0.3 is 0 Å². The lowest BCUT2D eigenvalue weighted by molar-refractivity contribution is 0.121. The molecule has 0 fully saturated rings. The number of sulfone groups is 1. The van der Waals surface area contributed by atoms with Crippen LogP contribution in [0.15, 0.2) is 47.4 Å². The Balaban J connectivity index is 2.12. The summed E-state index contributed by atoms with van der Waals surface area (Å²) in [7, 11) is -3.97. The minimum Gasteiger partial charge on any atom is -0.276 e. The normalized spacial score (nSPS) is 17.5. The molecule has 4 nitrogen and oxygen atoms in total. The Hall–Kier alpha value is -2.39. The van der Waals surface area contributed by atoms with E-state index in [1.54, 1.807) is 24.3 Å². The second-order valence-corrected chi connectivity index (χ2v) is 8.23. The van der Waals surface area contributed by atoms with E-state index in [0.29, 0.717) is 17.8 Å². The molecule has 0 aliphatic carbocycles. The Labute approximate surface area is 154 Å². The van der Waals surface area contributed by atoms with E-state index in [1.165, 1.54) is 5.01 Å². The van der Waals surface area contributed by atoms with Crippen molar-refractivity contribution in [2.75, 3.05) is 11.3 Å². The van der Waals surface area contributed by atoms with E-state index in [0.717, 1.165) is 17.9 Å². The monoisotopic (exact) mass is 400 g/mol. The van der Waals surface area contributed by atoms with E-state index < -0.39 is 38.8 Å². The fraction of sp³-hybridized carbons (Fsp3) is 0.222. The minimum absolute atomic E-state index is 0.0272. The zero-order valence-corrected chi connectivity index (χ0v) is 15.2. The van der Waals surface area contributed by atoms with Crippen LogP contribution in [-0.2, 0) is 9.84 Å². The molecule has 2 aromatic carbocycles. The van der Waals surface area contributed by atoms with Gasteiger partial charge in [-0.25, -0.2) is 31.4 Å². The van der Waals surface area contributed by atoms with E-state index in [9.17, 15) is 26.0 Å². The molecule has 1 aliphatic heterocycles. The van der Waals surface area contributed by atoms with Crippen molar-refractivity contribution in [1.82, 2.24) is 5.43 Å². The van der Waals surface area contributed by atoms with Crippen molar-refractivity contribution >= 4 is 21.2 Å². The van der Waals surface area contributed by atoms with Gasteiger partial charge in [0.25, 0.3) is 6.43 Å². The highest BCUT2D eigenvalue weighted by Crippen LogP contribution is 2.33. The third-order valence-corrected chi connectivity index (χ3v) is 5.23. The van der Waals surface area contributed by atoms with Crippen LogP contribution < -0.4 is 10.4 Å². The Morgan fingerprint density at radius 2 is 1.70 bits per heavy atom. The van der Waals surface area contributed by atoms with Gasteiger partial charge in [0.2, 0.25) is 0 Å². The van der Waals surface area contributed by atoms with Crippen molar-refractivity contribution in [2.45, 2.75) is 24.3 Å². The van der Waals surface area contributed by atoms with E-state index in [4.69, 9.17) is 0 Å². The molecule has 9 heteroatoms. The average Bonchev–Trinajstić information content (AvgIpc) is 3.01. The van der Waals surface area contributed by atoms with E-state index in [2.05, 4.69) is 5.43 Å². The predicted molar refractivity (Wildman–Crippen MR) is 94.0 cm³/mol. The first-order valence-electron chi connectivity index (χ1n) is 7.90. The van der Waals surface area contributed by atoms with Crippen molar-refractivity contribution in [1.29, 1.82) is 0 Å². The maximum Gasteiger partial charge on any atom is 0.259 e. The van der Waals surface area contributed by atoms with Crippen molar-refractivity contribution in [3.63, 3.8) is 0 Å². The first-order valence-corrected chi connectivity index (χ1v) is 9.79. The molecular formula is C18H16F4N2O2S. The van der Waals surface area contributed by atoms with Crippen LogP contribution in [0.1, 0.15) is 11.1 Å². The molecule has 1 heterocycles. The zero-order chi connectivity index (χ0) is 19.9. The average molecular weight is 400 g/mol. The molecule has 0 saturated heterocycles. The third kappa shape index (κ3) is 3.84. The molecule has 0 amide bonds. The van der Waals surface area contributed by atoms with E-state index in [1.807, 2.05) is 6.92 Å². The molecule has 1 atom stereocenters. The van der Waals surface area contributed by atoms with Crippen LogP contribution in [0.5, 0.6) is 0 Å². The molecule has 2 aromatic rings. The topological polar surface area (TPSA) is 49.4 Å². The molecular weight excluding hydrogens is 384 g/mol. The van der Waals surface area contributed by atoms with Crippen LogP contribution in [0.4, 0.5) is 23.2 Å². The van der Waals surface area contributed by atoms with Gasteiger partial charge in [-0.05, 0) is 37.3 Å². The number of nitrogens with one attached hydrogen (secondary N) is 1. The summed E-state index contributed by atoms with van der Waals surface area (Å²) in [5.74, 6) is -2.18. The number of nitrogens with zero attached hydrogens (tertiary/aromatic N) is 1. The summed E-state index contributed by atoms with van der Waals surface area (Å²) in [6, 6.07) is 6.63. The predicted octanol–water partition coefficient (Wildman–Crippen LogP) is 3.68. The molecule has 1 N–H and O–H groups in total. The van der Waals surface area contributed by atoms with Crippen molar-refractivity contribution in [3.8, 4) is 0 Å². The van der Waals surface area contributed by atoms with Gasteiger partial charge in [0.1, 0.15) is 22.6 Å². The summed E-state index contributed by atoms with van der Waals surface area (Å²) < 4.78 is 78.3. The van der Waals surface area contributed by atoms with Crippen LogP contribution in [0.3, 0.4) is 0 Å². The van der Waals surface area contributed by atoms with Gasteiger partial charge in [-0.15, -0.1) is 0 Å². The molecule has 0 radical (unpaired) electrons. The number of benzene rings is 2. The van der Waals surface area contributed by atoms with Crippen molar-refractivity contribution in [3.05, 3.63) is 65.2 Å². The van der Waals surface area contributed by atoms with Crippen molar-refractivity contribution < 1.29 is 26.0 Å². The summed E-state index contributed by atoms with van der Waals surface area (Å²) in [4.78, 5) is -0.789. The highest BCUT2D eigenvalue weighted by Gasteiger charge is 2.33. The maximum atomic E-state index is 14.6. The molecule has 1 unspecified atom stereocenters. The van der Waals surface area contributed by atoms with Crippen LogP contribution >= 0.6 is 0 Å². The van der Waals surface area contributed by atoms with Gasteiger partial charge >= 0.3 is 0 Å². The Kier molecular flexibility index (Phi) is 5.00. The molecule has 0 aromatic heterocycles. The summed E-state index contributed by atoms with van der Waals surface area (Å²) in [6.07, 6.45) is -0.937. The number of anilines is 1. The number of rotatable bonds is 4. The summed E-state index contributed by atoms with van der Waals surface area (Å²) in [5, 5.41) is 1.23. The lowest BCUT2D eigenvalue weighted by atomic mass is 10.1. The van der Waals surface area contributed by atoms with E-state index in [-0.39, 0.29) is 11.3 Å². The standard InChI is InChI=1S/C18H16F4N2O2S/c1-10-3-5-11(6-4-10)24-16(9-15(23-24)18(21)22)12-7-14(20)17(8-13(12)19)27(2,25)26/h3-9,15,18,23H,1-2H3. The second-order valence-electron chi connectivity index (χ2n) is 6.25. The number of alkyl halides is 2. The van der Waals surface area contributed by atoms with Crippen LogP contribution in [0.2, 0.25) is 0 Å². The van der Waals surface area contributed by atoms with Crippen LogP contribution in [0.25, 0.3) is 5.70 Å². The van der Waals surface area contributed by atoms with Gasteiger partial charge in [0.05, 0.1) is 11.4 Å². The molecule has 3 rings (SSSR count). The minimum atomic E-state index is -3.97. The van der Waals surface area contributed by atoms with Gasteiger partial charge in [-0.1, -0.05) is 17.7 Å². The smallest absolute Gasteiger partial charge is 0.259 e. The van der Waals surface area contributed by atoms with Crippen LogP contribution in [-0.4, -0.2) is 27.1 Å². The second kappa shape index (κ2) is 6.97. The fourth-order valence-electron chi connectivity index (χ4n) is 2.76. The largest absolute Gasteiger partial charge is 0.276 e. The first-order chi connectivity index (χ1) is 12.6. The molecule has 0 spiro atoms. The van der Waals surface area contributed by atoms with Gasteiger partial charge in [0, 0.05) is 11.8 Å². The third-order valence-electron chi connectivity index (χ3n) is 4.12. The first kappa shape index (κ1) is 19.4. The summed E-state index contributed by atoms with van der Waals surface area (Å²) in [6.45, 7) is 1.85. The Morgan fingerprint density at radius 3 is 2.26 bits per heavy atom. The number of halogens is 4. The lowest BCUT2D eigenvalue weighted by Crippen LogP contribution is -2.40. The fourth-order valence-corrected chi connectivity index (χ4v) is 3.49. The van der Waals surface area contributed by atoms with E-state index >= 15 is 0 Å². The maximum absolute atomic E-state index is 14.6. The van der Waals surface area contributed by atoms with Gasteiger partial charge in [-0.2, -0.15) is 0 Å². The zero-order valence-electron chi connectivity index (χ0n) is 14.4. The molecule has 0 saturated carbocycles. The summed E-state index contributed by atoms with van der Waals surface area (Å²) in [5.41, 5.74) is 3.58. The highest BCUT2D eigenvalue weighted by atomic mass is 32.2. The highest BCUT2D eigenvalue weighted by molar-refractivity contribution is 7.90. The molecule has 0 bridgehead atoms. The van der Waals surface area contributed by atoms with Crippen LogP contribution in [0, 0.1) is 18.6 Å². The molecule has 27 heavy (non-hydrogen) atoms. The Morgan fingerprint density at radius 1 is 1.07 bits per heavy atom. The molecule has 144 valence electrons. The number of hydrogen-bond donors (Lipinski definition) is 1. The molecule has 1 aliphatic rings. The number of aryl methyl sites for hydroxylation is 1. The summed E-state index contributed by atoms with van der Waals surface area (Å²) >= 11 is 0. The quantitative estimate of drug-likeness (QED) is 0.796. The lowest BCUT2D eigenvalue weighted by Gasteiger charge is -2.24. The number of hydrazine groups is 1. The van der Waals surface area contributed by atoms with Crippen molar-refractivity contribution in [2.24, 2.45) is 0 Å². The number of hydrogen-bond acceptors (Lipinski definition) is 4. The van der Waals surface area contributed by atoms with Gasteiger partial charge in [0.15, 0.2) is 9.84 Å².